The number of hydrogen-bond acceptors (Lipinski definition) is 6. The molecule has 3 rings (SSSR count). The van der Waals surface area contributed by atoms with Crippen molar-refractivity contribution in [3.8, 4) is 0 Å². The van der Waals surface area contributed by atoms with E-state index in [1.807, 2.05) is 72.1 Å². The molecule has 0 spiro atoms. The molecule has 0 saturated heterocycles. The monoisotopic (exact) mass is 418 g/mol. The number of anilines is 1. The van der Waals surface area contributed by atoms with E-state index < -0.39 is 10.1 Å². The molecule has 0 aliphatic rings. The van der Waals surface area contributed by atoms with Crippen LogP contribution in [0.1, 0.15) is 12.0 Å². The number of fused-ring (bicyclic) bond motifs is 1. The van der Waals surface area contributed by atoms with Crippen molar-refractivity contribution in [2.45, 2.75) is 13.0 Å². The van der Waals surface area contributed by atoms with E-state index in [2.05, 4.69) is 10.2 Å². The van der Waals surface area contributed by atoms with E-state index in [4.69, 9.17) is 4.55 Å². The highest BCUT2D eigenvalue weighted by Gasteiger charge is 2.08. The van der Waals surface area contributed by atoms with Crippen LogP contribution in [0.4, 0.5) is 5.69 Å². The van der Waals surface area contributed by atoms with E-state index >= 15 is 0 Å². The highest BCUT2D eigenvalue weighted by atomic mass is 32.2. The van der Waals surface area contributed by atoms with Crippen LogP contribution in [0.5, 0.6) is 0 Å². The van der Waals surface area contributed by atoms with Gasteiger partial charge in [0.15, 0.2) is 0 Å². The molecule has 0 unspecified atom stereocenters. The van der Waals surface area contributed by atoms with Gasteiger partial charge in [-0.1, -0.05) is 35.6 Å². The van der Waals surface area contributed by atoms with Crippen LogP contribution in [-0.2, 0) is 16.7 Å². The van der Waals surface area contributed by atoms with Gasteiger partial charge in [-0.25, -0.2) is 0 Å². The minimum atomic E-state index is -3.98. The molecule has 0 aliphatic heterocycles. The third-order valence-corrected chi connectivity index (χ3v) is 5.99. The Bertz CT molecular complexity index is 1140. The van der Waals surface area contributed by atoms with Crippen LogP contribution in [0, 0.1) is 0 Å². The summed E-state index contributed by atoms with van der Waals surface area (Å²) in [6.07, 6.45) is 1.98. The van der Waals surface area contributed by atoms with Crippen molar-refractivity contribution in [2.75, 3.05) is 24.7 Å². The van der Waals surface area contributed by atoms with Crippen LogP contribution in [0.2, 0.25) is 0 Å². The third-order valence-electron chi connectivity index (χ3n) is 4.13. The van der Waals surface area contributed by atoms with E-state index in [0.29, 0.717) is 17.8 Å². The zero-order valence-electron chi connectivity index (χ0n) is 15.7. The van der Waals surface area contributed by atoms with Crippen molar-refractivity contribution in [1.82, 2.24) is 4.57 Å². The second-order valence-corrected chi connectivity index (χ2v) is 9.06. The molecular weight excluding hydrogens is 396 g/mol. The summed E-state index contributed by atoms with van der Waals surface area (Å²) in [6.45, 7) is 0.426. The molecule has 2 aromatic carbocycles. The molecule has 0 saturated carbocycles. The molecule has 3 aromatic rings. The number of rotatable bonds is 7. The predicted octanol–water partition coefficient (Wildman–Crippen LogP) is 2.98. The van der Waals surface area contributed by atoms with Crippen molar-refractivity contribution in [2.24, 2.45) is 10.2 Å². The highest BCUT2D eigenvalue weighted by molar-refractivity contribution is 7.85. The summed E-state index contributed by atoms with van der Waals surface area (Å²) in [6, 6.07) is 15.8. The summed E-state index contributed by atoms with van der Waals surface area (Å²) in [5.74, 6) is -0.287. The summed E-state index contributed by atoms with van der Waals surface area (Å²) in [5.41, 5.74) is 3.01. The average Bonchev–Trinajstić information content (AvgIpc) is 2.99. The summed E-state index contributed by atoms with van der Waals surface area (Å²) >= 11 is 1.49. The fraction of sp³-hybridized carbons (Fsp3) is 0.263. The summed E-state index contributed by atoms with van der Waals surface area (Å²) in [7, 11) is -0.00623. The van der Waals surface area contributed by atoms with Crippen molar-refractivity contribution in [1.29, 1.82) is 0 Å². The van der Waals surface area contributed by atoms with Crippen LogP contribution in [0.25, 0.3) is 10.2 Å². The van der Waals surface area contributed by atoms with Gasteiger partial charge in [0, 0.05) is 26.3 Å². The number of aromatic nitrogens is 1. The Morgan fingerprint density at radius 2 is 1.86 bits per heavy atom. The molecule has 0 radical (unpaired) electrons. The van der Waals surface area contributed by atoms with Gasteiger partial charge < -0.3 is 9.47 Å². The molecule has 0 bridgehead atoms. The molecule has 1 heterocycles. The second-order valence-electron chi connectivity index (χ2n) is 6.47. The van der Waals surface area contributed by atoms with Gasteiger partial charge in [0.2, 0.25) is 4.80 Å². The Hall–Kier alpha value is -2.49. The fourth-order valence-corrected chi connectivity index (χ4v) is 4.23. The molecule has 0 fully saturated rings. The maximum absolute atomic E-state index is 11.0. The molecule has 0 atom stereocenters. The maximum Gasteiger partial charge on any atom is 0.264 e. The van der Waals surface area contributed by atoms with Crippen LogP contribution in [0.3, 0.4) is 0 Å². The van der Waals surface area contributed by atoms with E-state index in [1.165, 1.54) is 11.3 Å². The molecule has 28 heavy (non-hydrogen) atoms. The van der Waals surface area contributed by atoms with Gasteiger partial charge in [0.1, 0.15) is 0 Å². The Balaban J connectivity index is 1.87. The molecule has 0 aliphatic carbocycles. The van der Waals surface area contributed by atoms with Gasteiger partial charge >= 0.3 is 0 Å². The summed E-state index contributed by atoms with van der Waals surface area (Å²) < 4.78 is 33.9. The van der Waals surface area contributed by atoms with Gasteiger partial charge in [0.25, 0.3) is 10.1 Å². The van der Waals surface area contributed by atoms with Crippen LogP contribution >= 0.6 is 11.3 Å². The minimum Gasteiger partial charge on any atom is -0.378 e. The lowest BCUT2D eigenvalue weighted by Crippen LogP contribution is -2.17. The van der Waals surface area contributed by atoms with Gasteiger partial charge in [-0.3, -0.25) is 4.55 Å². The Kier molecular flexibility index (Phi) is 6.28. The SMILES string of the molecule is CN(C)c1ccc(/C=N/N=c2/sc3ccccc3n2CCCS(=O)(=O)O)cc1. The van der Waals surface area contributed by atoms with E-state index in [1.54, 1.807) is 6.21 Å². The maximum atomic E-state index is 11.0. The van der Waals surface area contributed by atoms with Crippen molar-refractivity contribution in [3.05, 3.63) is 58.9 Å². The number of hydrogen-bond donors (Lipinski definition) is 1. The zero-order valence-corrected chi connectivity index (χ0v) is 17.3. The van der Waals surface area contributed by atoms with Crippen molar-refractivity contribution in [3.63, 3.8) is 0 Å². The Morgan fingerprint density at radius 1 is 1.14 bits per heavy atom. The zero-order chi connectivity index (χ0) is 20.1. The Morgan fingerprint density at radius 3 is 2.54 bits per heavy atom. The molecular formula is C19H22N4O3S2. The second kappa shape index (κ2) is 8.68. The molecule has 148 valence electrons. The first-order chi connectivity index (χ1) is 13.3. The van der Waals surface area contributed by atoms with Crippen molar-refractivity contribution >= 4 is 43.6 Å². The van der Waals surface area contributed by atoms with E-state index in [9.17, 15) is 8.42 Å². The molecule has 9 heteroatoms. The lowest BCUT2D eigenvalue weighted by Gasteiger charge is -2.11. The van der Waals surface area contributed by atoms with Crippen LogP contribution in [0.15, 0.2) is 58.7 Å². The number of para-hydroxylation sites is 1. The fourth-order valence-electron chi connectivity index (χ4n) is 2.72. The number of thiazole rings is 1. The molecule has 1 N–H and O–H groups in total. The largest absolute Gasteiger partial charge is 0.378 e. The van der Waals surface area contributed by atoms with Crippen molar-refractivity contribution < 1.29 is 13.0 Å². The lowest BCUT2D eigenvalue weighted by atomic mass is 10.2. The summed E-state index contributed by atoms with van der Waals surface area (Å²) in [4.78, 5) is 2.70. The van der Waals surface area contributed by atoms with Crippen LogP contribution in [-0.4, -0.2) is 43.6 Å². The quantitative estimate of drug-likeness (QED) is 0.363. The first-order valence-corrected chi connectivity index (χ1v) is 11.1. The lowest BCUT2D eigenvalue weighted by molar-refractivity contribution is 0.478. The number of aryl methyl sites for hydroxylation is 1. The van der Waals surface area contributed by atoms with Gasteiger partial charge in [0.05, 0.1) is 22.2 Å². The Labute approximate surface area is 168 Å². The van der Waals surface area contributed by atoms with Gasteiger partial charge in [-0.2, -0.15) is 13.5 Å². The van der Waals surface area contributed by atoms with Gasteiger partial charge in [-0.15, -0.1) is 5.10 Å². The first kappa shape index (κ1) is 20.2. The normalized spacial score (nSPS) is 12.9. The molecule has 1 aromatic heterocycles. The van der Waals surface area contributed by atoms with Gasteiger partial charge in [-0.05, 0) is 36.2 Å². The van der Waals surface area contributed by atoms with Crippen LogP contribution < -0.4 is 9.70 Å². The standard InChI is InChI=1S/C19H22N4O3S2/c1-22(2)16-10-8-15(9-11-16)14-20-21-19-23(12-5-13-28(24,25)26)17-6-3-4-7-18(17)27-19/h3-4,6-11,14H,5,12-13H2,1-2H3,(H,24,25,26)/b20-14+,21-19+. The number of nitrogens with zero attached hydrogens (tertiary/aromatic N) is 4. The molecule has 7 nitrogen and oxygen atoms in total. The highest BCUT2D eigenvalue weighted by Crippen LogP contribution is 2.17. The topological polar surface area (TPSA) is 87.3 Å². The first-order valence-electron chi connectivity index (χ1n) is 8.71. The summed E-state index contributed by atoms with van der Waals surface area (Å²) in [5, 5.41) is 8.55. The smallest absolute Gasteiger partial charge is 0.264 e. The predicted molar refractivity (Wildman–Crippen MR) is 115 cm³/mol. The van der Waals surface area contributed by atoms with E-state index in [0.717, 1.165) is 21.5 Å². The minimum absolute atomic E-state index is 0.287. The number of benzene rings is 2. The molecule has 0 amide bonds. The third kappa shape index (κ3) is 5.28. The average molecular weight is 419 g/mol. The van der Waals surface area contributed by atoms with E-state index in [-0.39, 0.29) is 5.75 Å².